The van der Waals surface area contributed by atoms with Crippen molar-refractivity contribution in [2.45, 2.75) is 23.5 Å². The number of hydrogen-bond donors (Lipinski definition) is 1. The number of cyclic esters (lactones) is 1. The Morgan fingerprint density at radius 2 is 1.71 bits per heavy atom. The average molecular weight is 503 g/mol. The molecule has 3 aromatic carbocycles. The Labute approximate surface area is 200 Å². The number of benzene rings is 3. The lowest BCUT2D eigenvalue weighted by Gasteiger charge is -2.23. The maximum absolute atomic E-state index is 13.2. The van der Waals surface area contributed by atoms with Crippen LogP contribution in [0.3, 0.4) is 0 Å². The summed E-state index contributed by atoms with van der Waals surface area (Å²) in [7, 11) is 1.46. The molecule has 0 saturated carbocycles. The Bertz CT molecular complexity index is 1290. The van der Waals surface area contributed by atoms with Crippen LogP contribution in [0, 0.1) is 5.82 Å². The van der Waals surface area contributed by atoms with Gasteiger partial charge in [-0.25, -0.2) is 17.6 Å². The van der Waals surface area contributed by atoms with Crippen LogP contribution in [0.1, 0.15) is 15.9 Å². The molecule has 7 nitrogen and oxygen atoms in total. The number of carbonyl (C=O) groups is 2. The van der Waals surface area contributed by atoms with E-state index in [0.29, 0.717) is 12.1 Å². The van der Waals surface area contributed by atoms with Crippen LogP contribution in [0.2, 0.25) is 0 Å². The number of nitrogens with one attached hydrogen (secondary N) is 1. The second-order valence-electron chi connectivity index (χ2n) is 7.74. The molecule has 1 heterocycles. The third-order valence-corrected chi connectivity index (χ3v) is 6.80. The molecular formula is C24H20ClFN2O5S. The predicted octanol–water partition coefficient (Wildman–Crippen LogP) is 4.12. The highest BCUT2D eigenvalue weighted by Gasteiger charge is 2.38. The number of nitrogens with zero attached hydrogens (tertiary/aromatic N) is 1. The SMILES string of the molecule is O=C(N[C@@H](Cc1ccccc1)[C@@H]1CN(c2ccc(S(=O)(=O)Cl)cc2)C(=O)O1)c1ccc(F)cc1. The summed E-state index contributed by atoms with van der Waals surface area (Å²) in [5, 5.41) is 2.90. The van der Waals surface area contributed by atoms with E-state index in [-0.39, 0.29) is 17.0 Å². The smallest absolute Gasteiger partial charge is 0.414 e. The summed E-state index contributed by atoms with van der Waals surface area (Å²) in [6.07, 6.45) is -0.919. The highest BCUT2D eigenvalue weighted by molar-refractivity contribution is 8.13. The van der Waals surface area contributed by atoms with E-state index < -0.39 is 39.0 Å². The topological polar surface area (TPSA) is 92.8 Å². The van der Waals surface area contributed by atoms with Crippen molar-refractivity contribution in [2.75, 3.05) is 11.4 Å². The van der Waals surface area contributed by atoms with Crippen molar-refractivity contribution >= 4 is 37.4 Å². The van der Waals surface area contributed by atoms with Gasteiger partial charge in [0.15, 0.2) is 0 Å². The van der Waals surface area contributed by atoms with Crippen molar-refractivity contribution in [1.82, 2.24) is 5.32 Å². The molecule has 4 rings (SSSR count). The van der Waals surface area contributed by atoms with E-state index in [1.807, 2.05) is 30.3 Å². The van der Waals surface area contributed by atoms with E-state index in [0.717, 1.165) is 5.56 Å². The van der Waals surface area contributed by atoms with Crippen molar-refractivity contribution in [2.24, 2.45) is 0 Å². The van der Waals surface area contributed by atoms with Gasteiger partial charge in [-0.05, 0) is 60.5 Å². The fourth-order valence-electron chi connectivity index (χ4n) is 3.69. The van der Waals surface area contributed by atoms with Crippen LogP contribution in [-0.4, -0.2) is 39.1 Å². The van der Waals surface area contributed by atoms with Crippen molar-refractivity contribution in [3.05, 3.63) is 95.8 Å². The Balaban J connectivity index is 1.55. The summed E-state index contributed by atoms with van der Waals surface area (Å²) in [4.78, 5) is 26.7. The van der Waals surface area contributed by atoms with Gasteiger partial charge in [-0.15, -0.1) is 0 Å². The minimum atomic E-state index is -3.89. The van der Waals surface area contributed by atoms with Crippen LogP contribution in [0.4, 0.5) is 14.9 Å². The predicted molar refractivity (Wildman–Crippen MR) is 125 cm³/mol. The molecule has 3 aromatic rings. The molecule has 0 aromatic heterocycles. The highest BCUT2D eigenvalue weighted by Crippen LogP contribution is 2.26. The van der Waals surface area contributed by atoms with Gasteiger partial charge in [0.1, 0.15) is 11.9 Å². The molecule has 1 fully saturated rings. The molecule has 0 spiro atoms. The Morgan fingerprint density at radius 3 is 2.32 bits per heavy atom. The Kier molecular flexibility index (Phi) is 6.85. The lowest BCUT2D eigenvalue weighted by atomic mass is 10.0. The number of amides is 2. The van der Waals surface area contributed by atoms with E-state index in [9.17, 15) is 22.4 Å². The van der Waals surface area contributed by atoms with Crippen LogP contribution >= 0.6 is 10.7 Å². The molecule has 1 aliphatic rings. The minimum absolute atomic E-state index is 0.0875. The number of halogens is 2. The van der Waals surface area contributed by atoms with Gasteiger partial charge in [0.25, 0.3) is 15.0 Å². The highest BCUT2D eigenvalue weighted by atomic mass is 35.7. The maximum Gasteiger partial charge on any atom is 0.414 e. The van der Waals surface area contributed by atoms with Crippen LogP contribution in [0.5, 0.6) is 0 Å². The third-order valence-electron chi connectivity index (χ3n) is 5.44. The van der Waals surface area contributed by atoms with Crippen molar-refractivity contribution in [3.63, 3.8) is 0 Å². The second-order valence-corrected chi connectivity index (χ2v) is 10.3. The van der Waals surface area contributed by atoms with Gasteiger partial charge >= 0.3 is 6.09 Å². The lowest BCUT2D eigenvalue weighted by molar-refractivity contribution is 0.0840. The largest absolute Gasteiger partial charge is 0.442 e. The molecule has 1 saturated heterocycles. The molecule has 0 radical (unpaired) electrons. The molecular weight excluding hydrogens is 483 g/mol. The van der Waals surface area contributed by atoms with E-state index in [1.165, 1.54) is 53.4 Å². The first-order valence-electron chi connectivity index (χ1n) is 10.3. The molecule has 1 N–H and O–H groups in total. The first kappa shape index (κ1) is 23.7. The first-order valence-corrected chi connectivity index (χ1v) is 12.6. The molecule has 176 valence electrons. The molecule has 0 bridgehead atoms. The van der Waals surface area contributed by atoms with Crippen molar-refractivity contribution in [3.8, 4) is 0 Å². The average Bonchev–Trinajstić information content (AvgIpc) is 3.21. The number of rotatable bonds is 7. The van der Waals surface area contributed by atoms with Gasteiger partial charge in [-0.3, -0.25) is 9.69 Å². The van der Waals surface area contributed by atoms with Gasteiger partial charge in [-0.1, -0.05) is 30.3 Å². The molecule has 2 atom stereocenters. The van der Waals surface area contributed by atoms with E-state index in [2.05, 4.69) is 5.32 Å². The maximum atomic E-state index is 13.2. The number of carbonyl (C=O) groups excluding carboxylic acids is 2. The zero-order valence-corrected chi connectivity index (χ0v) is 19.3. The molecule has 0 unspecified atom stereocenters. The third kappa shape index (κ3) is 5.55. The number of hydrogen-bond acceptors (Lipinski definition) is 5. The minimum Gasteiger partial charge on any atom is -0.442 e. The lowest BCUT2D eigenvalue weighted by Crippen LogP contribution is -2.46. The van der Waals surface area contributed by atoms with E-state index in [4.69, 9.17) is 15.4 Å². The van der Waals surface area contributed by atoms with E-state index >= 15 is 0 Å². The zero-order valence-electron chi connectivity index (χ0n) is 17.7. The van der Waals surface area contributed by atoms with Gasteiger partial charge < -0.3 is 10.1 Å². The molecule has 10 heteroatoms. The quantitative estimate of drug-likeness (QED) is 0.491. The fraction of sp³-hybridized carbons (Fsp3) is 0.167. The molecule has 2 amide bonds. The summed E-state index contributed by atoms with van der Waals surface area (Å²) in [6, 6.07) is 19.5. The Morgan fingerprint density at radius 1 is 1.06 bits per heavy atom. The van der Waals surface area contributed by atoms with Crippen LogP contribution in [0.15, 0.2) is 83.8 Å². The van der Waals surface area contributed by atoms with Gasteiger partial charge in [-0.2, -0.15) is 0 Å². The standard InChI is InChI=1S/C24H20ClFN2O5S/c25-34(31,32)20-12-10-19(11-13-20)28-15-22(33-24(28)30)21(14-16-4-2-1-3-5-16)27-23(29)17-6-8-18(26)9-7-17/h1-13,21-22H,14-15H2,(H,27,29)/t21-,22-/m0/s1. The van der Waals surface area contributed by atoms with Crippen LogP contribution in [0.25, 0.3) is 0 Å². The number of ether oxygens (including phenoxy) is 1. The summed E-state index contributed by atoms with van der Waals surface area (Å²) < 4.78 is 41.8. The summed E-state index contributed by atoms with van der Waals surface area (Å²) in [6.45, 7) is 0.132. The van der Waals surface area contributed by atoms with Crippen molar-refractivity contribution < 1.29 is 27.1 Å². The van der Waals surface area contributed by atoms with Gasteiger partial charge in [0.2, 0.25) is 0 Å². The summed E-state index contributed by atoms with van der Waals surface area (Å²) >= 11 is 0. The van der Waals surface area contributed by atoms with E-state index in [1.54, 1.807) is 0 Å². The number of anilines is 1. The second kappa shape index (κ2) is 9.82. The summed E-state index contributed by atoms with van der Waals surface area (Å²) in [5.41, 5.74) is 1.64. The fourth-order valence-corrected chi connectivity index (χ4v) is 4.46. The van der Waals surface area contributed by atoms with Gasteiger partial charge in [0, 0.05) is 21.9 Å². The molecule has 1 aliphatic heterocycles. The van der Waals surface area contributed by atoms with Crippen molar-refractivity contribution in [1.29, 1.82) is 0 Å². The van der Waals surface area contributed by atoms with Crippen LogP contribution < -0.4 is 10.2 Å². The van der Waals surface area contributed by atoms with Crippen LogP contribution in [-0.2, 0) is 20.2 Å². The molecule has 0 aliphatic carbocycles. The van der Waals surface area contributed by atoms with Gasteiger partial charge in [0.05, 0.1) is 17.5 Å². The first-order chi connectivity index (χ1) is 16.2. The monoisotopic (exact) mass is 502 g/mol. The Hall–Kier alpha value is -3.43. The summed E-state index contributed by atoms with van der Waals surface area (Å²) in [5.74, 6) is -0.877. The normalized spacial score (nSPS) is 16.7. The molecule has 34 heavy (non-hydrogen) atoms. The zero-order chi connectivity index (χ0) is 24.3.